The SMILES string of the molecule is CN1C=CN(c2cccc(Oc3ccc4c(c3)N(c3cc(C(C)(C)C)ccn3)c3ccccc3C4(c3ccccc3)c3ccccc3)c2)C1. The molecule has 2 aliphatic heterocycles. The molecule has 5 aromatic carbocycles. The third kappa shape index (κ3) is 5.32. The minimum Gasteiger partial charge on any atom is -0.457 e. The van der Waals surface area contributed by atoms with Crippen molar-refractivity contribution < 1.29 is 4.74 Å². The maximum Gasteiger partial charge on any atom is 0.137 e. The van der Waals surface area contributed by atoms with Crippen molar-refractivity contribution in [2.24, 2.45) is 0 Å². The van der Waals surface area contributed by atoms with E-state index in [4.69, 9.17) is 9.72 Å². The van der Waals surface area contributed by atoms with Crippen LogP contribution in [0.1, 0.15) is 48.6 Å². The number of ether oxygens (including phenoxy) is 1. The maximum atomic E-state index is 6.69. The lowest BCUT2D eigenvalue weighted by Crippen LogP contribution is -2.38. The van der Waals surface area contributed by atoms with Gasteiger partial charge in [0.1, 0.15) is 17.3 Å². The Morgan fingerprint density at radius 1 is 0.633 bits per heavy atom. The lowest BCUT2D eigenvalue weighted by Gasteiger charge is -2.46. The van der Waals surface area contributed by atoms with Gasteiger partial charge in [0.25, 0.3) is 0 Å². The molecule has 2 aliphatic rings. The molecule has 242 valence electrons. The van der Waals surface area contributed by atoms with Crippen LogP contribution in [-0.4, -0.2) is 23.6 Å². The first-order valence-corrected chi connectivity index (χ1v) is 16.9. The van der Waals surface area contributed by atoms with Gasteiger partial charge in [0.2, 0.25) is 0 Å². The third-order valence-electron chi connectivity index (χ3n) is 9.68. The van der Waals surface area contributed by atoms with Gasteiger partial charge in [-0.2, -0.15) is 0 Å². The summed E-state index contributed by atoms with van der Waals surface area (Å²) in [6.45, 7) is 7.54. The van der Waals surface area contributed by atoms with Crippen LogP contribution in [0.15, 0.2) is 158 Å². The highest BCUT2D eigenvalue weighted by molar-refractivity contribution is 5.89. The zero-order chi connectivity index (χ0) is 33.6. The maximum absolute atomic E-state index is 6.69. The summed E-state index contributed by atoms with van der Waals surface area (Å²) >= 11 is 0. The second-order valence-electron chi connectivity index (χ2n) is 13.9. The second-order valence-corrected chi connectivity index (χ2v) is 13.9. The molecule has 0 bridgehead atoms. The molecule has 3 heterocycles. The standard InChI is InChI=1S/C44H40N4O/c1-43(2,3)34-24-25-45-42(28-34)48-40-21-12-11-20-38(40)44(32-14-7-5-8-15-32,33-16-9-6-10-17-33)39-23-22-37(30-41(39)48)49-36-19-13-18-35(29-36)47-27-26-46(4)31-47/h5-30H,31H2,1-4H3. The van der Waals surface area contributed by atoms with Crippen LogP contribution in [0, 0.1) is 0 Å². The van der Waals surface area contributed by atoms with Crippen molar-refractivity contribution in [1.82, 2.24) is 9.88 Å². The summed E-state index contributed by atoms with van der Waals surface area (Å²) < 4.78 is 6.69. The average molecular weight is 641 g/mol. The number of fused-ring (bicyclic) bond motifs is 2. The van der Waals surface area contributed by atoms with Crippen LogP contribution in [0.2, 0.25) is 0 Å². The highest BCUT2D eigenvalue weighted by Crippen LogP contribution is 2.58. The van der Waals surface area contributed by atoms with Crippen molar-refractivity contribution in [3.63, 3.8) is 0 Å². The van der Waals surface area contributed by atoms with E-state index >= 15 is 0 Å². The Bertz CT molecular complexity index is 2110. The molecule has 1 aromatic heterocycles. The predicted octanol–water partition coefficient (Wildman–Crippen LogP) is 10.5. The van der Waals surface area contributed by atoms with E-state index < -0.39 is 5.41 Å². The van der Waals surface area contributed by atoms with Crippen LogP contribution in [0.5, 0.6) is 11.5 Å². The number of hydrogen-bond donors (Lipinski definition) is 0. The molecule has 5 heteroatoms. The smallest absolute Gasteiger partial charge is 0.137 e. The van der Waals surface area contributed by atoms with E-state index in [1.807, 2.05) is 12.3 Å². The lowest BCUT2D eigenvalue weighted by atomic mass is 9.62. The van der Waals surface area contributed by atoms with Gasteiger partial charge in [-0.3, -0.25) is 4.90 Å². The largest absolute Gasteiger partial charge is 0.457 e. The lowest BCUT2D eigenvalue weighted by molar-refractivity contribution is 0.480. The van der Waals surface area contributed by atoms with Gasteiger partial charge in [-0.1, -0.05) is 112 Å². The molecule has 0 spiro atoms. The van der Waals surface area contributed by atoms with Crippen LogP contribution >= 0.6 is 0 Å². The number of nitrogens with zero attached hydrogens (tertiary/aromatic N) is 4. The van der Waals surface area contributed by atoms with Gasteiger partial charge in [-0.25, -0.2) is 4.98 Å². The summed E-state index contributed by atoms with van der Waals surface area (Å²) in [5, 5.41) is 0. The summed E-state index contributed by atoms with van der Waals surface area (Å²) in [6, 6.07) is 49.7. The number of pyridine rings is 1. The van der Waals surface area contributed by atoms with Crippen LogP contribution in [0.4, 0.5) is 22.9 Å². The zero-order valence-electron chi connectivity index (χ0n) is 28.4. The molecule has 0 unspecified atom stereocenters. The van der Waals surface area contributed by atoms with E-state index in [1.54, 1.807) is 0 Å². The molecule has 8 rings (SSSR count). The van der Waals surface area contributed by atoms with Crippen molar-refractivity contribution >= 4 is 22.9 Å². The molecule has 0 radical (unpaired) electrons. The van der Waals surface area contributed by atoms with E-state index in [0.717, 1.165) is 46.6 Å². The number of anilines is 4. The molecule has 49 heavy (non-hydrogen) atoms. The Morgan fingerprint density at radius 2 is 1.31 bits per heavy atom. The highest BCUT2D eigenvalue weighted by atomic mass is 16.5. The molecule has 0 N–H and O–H groups in total. The van der Waals surface area contributed by atoms with Crippen molar-refractivity contribution in [1.29, 1.82) is 0 Å². The Labute approximate surface area is 289 Å². The van der Waals surface area contributed by atoms with E-state index in [-0.39, 0.29) is 5.41 Å². The van der Waals surface area contributed by atoms with Gasteiger partial charge in [0.05, 0.1) is 23.5 Å². The molecule has 0 aliphatic carbocycles. The van der Waals surface area contributed by atoms with Crippen LogP contribution in [0.25, 0.3) is 0 Å². The van der Waals surface area contributed by atoms with E-state index in [9.17, 15) is 0 Å². The normalized spacial score (nSPS) is 14.8. The first-order valence-electron chi connectivity index (χ1n) is 16.9. The minimum atomic E-state index is -0.584. The number of para-hydroxylation sites is 1. The summed E-state index contributed by atoms with van der Waals surface area (Å²) in [6.07, 6.45) is 6.11. The van der Waals surface area contributed by atoms with Crippen molar-refractivity contribution in [3.05, 3.63) is 186 Å². The summed E-state index contributed by atoms with van der Waals surface area (Å²) in [4.78, 5) is 11.7. The number of aromatic nitrogens is 1. The minimum absolute atomic E-state index is 0.0387. The Hall–Kier alpha value is -5.81. The van der Waals surface area contributed by atoms with Gasteiger partial charge < -0.3 is 14.5 Å². The van der Waals surface area contributed by atoms with Crippen LogP contribution in [-0.2, 0) is 10.8 Å². The third-order valence-corrected chi connectivity index (χ3v) is 9.68. The second kappa shape index (κ2) is 12.0. The van der Waals surface area contributed by atoms with Gasteiger partial charge in [-0.15, -0.1) is 0 Å². The monoisotopic (exact) mass is 640 g/mol. The van der Waals surface area contributed by atoms with Crippen molar-refractivity contribution in [2.75, 3.05) is 23.5 Å². The molecule has 0 atom stereocenters. The number of hydrogen-bond acceptors (Lipinski definition) is 5. The highest BCUT2D eigenvalue weighted by Gasteiger charge is 2.46. The average Bonchev–Trinajstić information content (AvgIpc) is 3.57. The summed E-state index contributed by atoms with van der Waals surface area (Å²) in [5.41, 5.74) is 8.58. The molecule has 0 saturated heterocycles. The first-order chi connectivity index (χ1) is 23.8. The Morgan fingerprint density at radius 3 is 2.00 bits per heavy atom. The number of benzene rings is 5. The van der Waals surface area contributed by atoms with Crippen molar-refractivity contribution in [3.8, 4) is 11.5 Å². The molecular formula is C44H40N4O. The summed E-state index contributed by atoms with van der Waals surface area (Å²) in [7, 11) is 2.07. The summed E-state index contributed by atoms with van der Waals surface area (Å²) in [5.74, 6) is 2.42. The zero-order valence-corrected chi connectivity index (χ0v) is 28.4. The van der Waals surface area contributed by atoms with Crippen LogP contribution < -0.4 is 14.5 Å². The van der Waals surface area contributed by atoms with Crippen LogP contribution in [0.3, 0.4) is 0 Å². The quantitative estimate of drug-likeness (QED) is 0.181. The van der Waals surface area contributed by atoms with Gasteiger partial charge >= 0.3 is 0 Å². The predicted molar refractivity (Wildman–Crippen MR) is 200 cm³/mol. The first kappa shape index (κ1) is 30.5. The fraction of sp³-hybridized carbons (Fsp3) is 0.159. The molecular weight excluding hydrogens is 601 g/mol. The van der Waals surface area contributed by atoms with Gasteiger partial charge in [0.15, 0.2) is 0 Å². The van der Waals surface area contributed by atoms with E-state index in [1.165, 1.54) is 22.3 Å². The fourth-order valence-corrected chi connectivity index (χ4v) is 7.31. The van der Waals surface area contributed by atoms with E-state index in [0.29, 0.717) is 0 Å². The van der Waals surface area contributed by atoms with Gasteiger partial charge in [0, 0.05) is 43.5 Å². The topological polar surface area (TPSA) is 31.8 Å². The Balaban J connectivity index is 1.36. The molecule has 5 nitrogen and oxygen atoms in total. The Kier molecular flexibility index (Phi) is 7.48. The molecule has 6 aromatic rings. The fourth-order valence-electron chi connectivity index (χ4n) is 7.31. The molecule has 0 saturated carbocycles. The van der Waals surface area contributed by atoms with Crippen molar-refractivity contribution in [2.45, 2.75) is 31.6 Å². The number of rotatable bonds is 6. The van der Waals surface area contributed by atoms with Gasteiger partial charge in [-0.05, 0) is 69.6 Å². The molecule has 0 amide bonds. The molecule has 0 fully saturated rings. The van der Waals surface area contributed by atoms with E-state index in [2.05, 4.69) is 188 Å².